The number of aromatic amines is 1. The van der Waals surface area contributed by atoms with Crippen LogP contribution in [-0.2, 0) is 0 Å². The Kier molecular flexibility index (Phi) is 4.17. The van der Waals surface area contributed by atoms with E-state index in [9.17, 15) is 0 Å². The van der Waals surface area contributed by atoms with E-state index in [1.807, 2.05) is 42.5 Å². The standard InChI is InChI=1S/C17H10Cl2N4OS/c18-11-6-8-12(9-7-11)23-15(16-20-21-17(25)24-16)13(19)14(22-23)10-4-2-1-3-5-10/h1-9H,(H,21,25). The van der Waals surface area contributed by atoms with Gasteiger partial charge in [-0.1, -0.05) is 53.5 Å². The predicted molar refractivity (Wildman–Crippen MR) is 99.7 cm³/mol. The van der Waals surface area contributed by atoms with Crippen LogP contribution in [0.5, 0.6) is 0 Å². The summed E-state index contributed by atoms with van der Waals surface area (Å²) in [7, 11) is 0. The van der Waals surface area contributed by atoms with Crippen molar-refractivity contribution in [2.24, 2.45) is 0 Å². The van der Waals surface area contributed by atoms with E-state index < -0.39 is 0 Å². The zero-order valence-electron chi connectivity index (χ0n) is 12.6. The number of nitrogens with one attached hydrogen (secondary N) is 1. The second kappa shape index (κ2) is 6.48. The van der Waals surface area contributed by atoms with Crippen LogP contribution in [0.25, 0.3) is 28.5 Å². The molecule has 0 aliphatic carbocycles. The van der Waals surface area contributed by atoms with Gasteiger partial charge in [-0.05, 0) is 36.5 Å². The predicted octanol–water partition coefficient (Wildman–Crippen LogP) is 5.56. The topological polar surface area (TPSA) is 59.6 Å². The molecule has 0 amide bonds. The number of aromatic nitrogens is 4. The molecule has 0 unspecified atom stereocenters. The highest BCUT2D eigenvalue weighted by Crippen LogP contribution is 2.37. The van der Waals surface area contributed by atoms with Crippen LogP contribution in [0, 0.1) is 4.84 Å². The van der Waals surface area contributed by atoms with Gasteiger partial charge in [0.1, 0.15) is 10.7 Å². The molecule has 0 aliphatic rings. The molecule has 4 aromatic rings. The molecule has 2 aromatic carbocycles. The van der Waals surface area contributed by atoms with Crippen LogP contribution >= 0.6 is 35.4 Å². The molecule has 0 aliphatic heterocycles. The largest absolute Gasteiger partial charge is 0.408 e. The number of H-pyrrole nitrogens is 1. The summed E-state index contributed by atoms with van der Waals surface area (Å²) < 4.78 is 7.12. The van der Waals surface area contributed by atoms with Gasteiger partial charge < -0.3 is 4.42 Å². The quantitative estimate of drug-likeness (QED) is 0.466. The summed E-state index contributed by atoms with van der Waals surface area (Å²) in [5.41, 5.74) is 2.79. The molecular weight excluding hydrogens is 379 g/mol. The second-order valence-corrected chi connectivity index (χ2v) is 6.37. The van der Waals surface area contributed by atoms with E-state index in [1.165, 1.54) is 0 Å². The zero-order chi connectivity index (χ0) is 17.4. The Labute approximate surface area is 157 Å². The average Bonchev–Trinajstić information content (AvgIpc) is 3.19. The highest BCUT2D eigenvalue weighted by atomic mass is 35.5. The van der Waals surface area contributed by atoms with E-state index in [2.05, 4.69) is 15.3 Å². The van der Waals surface area contributed by atoms with E-state index in [1.54, 1.807) is 16.8 Å². The molecule has 0 saturated heterocycles. The first kappa shape index (κ1) is 16.1. The maximum absolute atomic E-state index is 6.63. The summed E-state index contributed by atoms with van der Waals surface area (Å²) >= 11 is 17.6. The van der Waals surface area contributed by atoms with Gasteiger partial charge >= 0.3 is 0 Å². The van der Waals surface area contributed by atoms with E-state index >= 15 is 0 Å². The fourth-order valence-electron chi connectivity index (χ4n) is 2.46. The van der Waals surface area contributed by atoms with E-state index in [4.69, 9.17) is 39.8 Å². The van der Waals surface area contributed by atoms with Gasteiger partial charge in [0.15, 0.2) is 5.69 Å². The van der Waals surface area contributed by atoms with Gasteiger partial charge in [0.2, 0.25) is 0 Å². The zero-order valence-corrected chi connectivity index (χ0v) is 14.9. The third kappa shape index (κ3) is 3.00. The van der Waals surface area contributed by atoms with Gasteiger partial charge in [0.05, 0.1) is 5.69 Å². The molecule has 124 valence electrons. The number of halogens is 2. The summed E-state index contributed by atoms with van der Waals surface area (Å²) in [5, 5.41) is 12.4. The fraction of sp³-hybridized carbons (Fsp3) is 0. The number of nitrogens with zero attached hydrogens (tertiary/aromatic N) is 3. The highest BCUT2D eigenvalue weighted by Gasteiger charge is 2.23. The van der Waals surface area contributed by atoms with Gasteiger partial charge in [-0.15, -0.1) is 5.10 Å². The number of rotatable bonds is 3. The van der Waals surface area contributed by atoms with Crippen molar-refractivity contribution in [3.05, 3.63) is 69.5 Å². The summed E-state index contributed by atoms with van der Waals surface area (Å²) in [6.07, 6.45) is 0. The third-order valence-electron chi connectivity index (χ3n) is 3.59. The molecule has 0 spiro atoms. The maximum atomic E-state index is 6.63. The third-order valence-corrected chi connectivity index (χ3v) is 4.37. The van der Waals surface area contributed by atoms with Crippen LogP contribution in [0.4, 0.5) is 0 Å². The van der Waals surface area contributed by atoms with Crippen LogP contribution in [0.15, 0.2) is 59.0 Å². The van der Waals surface area contributed by atoms with Crippen LogP contribution in [-0.4, -0.2) is 20.0 Å². The Bertz CT molecular complexity index is 1080. The molecule has 0 fully saturated rings. The first-order valence-corrected chi connectivity index (χ1v) is 8.45. The highest BCUT2D eigenvalue weighted by molar-refractivity contribution is 7.71. The van der Waals surface area contributed by atoms with E-state index in [0.717, 1.165) is 11.3 Å². The lowest BCUT2D eigenvalue weighted by Crippen LogP contribution is -1.99. The Balaban J connectivity index is 1.98. The van der Waals surface area contributed by atoms with Crippen LogP contribution < -0.4 is 0 Å². The van der Waals surface area contributed by atoms with Crippen molar-refractivity contribution in [2.75, 3.05) is 0 Å². The normalized spacial score (nSPS) is 11.0. The molecule has 5 nitrogen and oxygen atoms in total. The molecule has 0 bridgehead atoms. The van der Waals surface area contributed by atoms with Gasteiger partial charge in [0, 0.05) is 10.6 Å². The van der Waals surface area contributed by atoms with Crippen LogP contribution in [0.3, 0.4) is 0 Å². The molecule has 2 heterocycles. The van der Waals surface area contributed by atoms with E-state index in [-0.39, 0.29) is 10.7 Å². The Morgan fingerprint density at radius 1 is 1.00 bits per heavy atom. The molecule has 2 aromatic heterocycles. The van der Waals surface area contributed by atoms with Crippen molar-refractivity contribution >= 4 is 35.4 Å². The van der Waals surface area contributed by atoms with Crippen molar-refractivity contribution < 1.29 is 4.42 Å². The molecular formula is C17H10Cl2N4OS. The lowest BCUT2D eigenvalue weighted by Gasteiger charge is -2.04. The number of hydrogen-bond donors (Lipinski definition) is 1. The van der Waals surface area contributed by atoms with Crippen molar-refractivity contribution in [3.8, 4) is 28.5 Å². The Hall–Kier alpha value is -2.41. The minimum Gasteiger partial charge on any atom is -0.408 e. The molecule has 25 heavy (non-hydrogen) atoms. The number of benzene rings is 2. The average molecular weight is 389 g/mol. The van der Waals surface area contributed by atoms with E-state index in [0.29, 0.717) is 21.4 Å². The SMILES string of the molecule is S=c1[nH]nc(-c2c(Cl)c(-c3ccccc3)nn2-c2ccc(Cl)cc2)o1. The summed E-state index contributed by atoms with van der Waals surface area (Å²) in [6.45, 7) is 0. The smallest absolute Gasteiger partial charge is 0.284 e. The van der Waals surface area contributed by atoms with Crippen LogP contribution in [0.1, 0.15) is 0 Å². The Morgan fingerprint density at radius 2 is 1.72 bits per heavy atom. The molecule has 8 heteroatoms. The fourth-order valence-corrected chi connectivity index (χ4v) is 3.02. The monoisotopic (exact) mass is 388 g/mol. The maximum Gasteiger partial charge on any atom is 0.284 e. The van der Waals surface area contributed by atoms with Gasteiger partial charge in [-0.2, -0.15) is 5.10 Å². The van der Waals surface area contributed by atoms with Crippen molar-refractivity contribution in [1.82, 2.24) is 20.0 Å². The Morgan fingerprint density at radius 3 is 2.36 bits per heavy atom. The molecule has 0 radical (unpaired) electrons. The molecule has 4 rings (SSSR count). The first-order chi connectivity index (χ1) is 12.1. The molecule has 1 N–H and O–H groups in total. The van der Waals surface area contributed by atoms with Crippen molar-refractivity contribution in [2.45, 2.75) is 0 Å². The number of hydrogen-bond acceptors (Lipinski definition) is 4. The van der Waals surface area contributed by atoms with Gasteiger partial charge in [0.25, 0.3) is 10.7 Å². The molecule has 0 saturated carbocycles. The van der Waals surface area contributed by atoms with Crippen LogP contribution in [0.2, 0.25) is 10.0 Å². The summed E-state index contributed by atoms with van der Waals surface area (Å²) in [5.74, 6) is 0.264. The van der Waals surface area contributed by atoms with Crippen molar-refractivity contribution in [1.29, 1.82) is 0 Å². The minimum atomic E-state index is 0.163. The minimum absolute atomic E-state index is 0.163. The summed E-state index contributed by atoms with van der Waals surface area (Å²) in [4.78, 5) is 0.163. The molecule has 0 atom stereocenters. The first-order valence-electron chi connectivity index (χ1n) is 7.29. The van der Waals surface area contributed by atoms with Crippen molar-refractivity contribution in [3.63, 3.8) is 0 Å². The lowest BCUT2D eigenvalue weighted by atomic mass is 10.1. The summed E-state index contributed by atoms with van der Waals surface area (Å²) in [6, 6.07) is 16.9. The lowest BCUT2D eigenvalue weighted by molar-refractivity contribution is 0.547. The van der Waals surface area contributed by atoms with Gasteiger partial charge in [-0.3, -0.25) is 0 Å². The van der Waals surface area contributed by atoms with Gasteiger partial charge in [-0.25, -0.2) is 9.78 Å². The second-order valence-electron chi connectivity index (χ2n) is 5.18.